The summed E-state index contributed by atoms with van der Waals surface area (Å²) in [6.07, 6.45) is 2.34. The normalized spacial score (nSPS) is 21.8. The third kappa shape index (κ3) is 4.29. The molecule has 0 unspecified atom stereocenters. The van der Waals surface area contributed by atoms with Crippen LogP contribution < -0.4 is 4.72 Å². The van der Waals surface area contributed by atoms with Gasteiger partial charge in [0, 0.05) is 33.2 Å². The Morgan fingerprint density at radius 3 is 2.10 bits per heavy atom. The zero-order chi connectivity index (χ0) is 13.9. The van der Waals surface area contributed by atoms with Crippen molar-refractivity contribution in [3.05, 3.63) is 0 Å². The van der Waals surface area contributed by atoms with Gasteiger partial charge in [0.2, 0.25) is 5.91 Å². The highest BCUT2D eigenvalue weighted by Crippen LogP contribution is 2.10. The highest BCUT2D eigenvalue weighted by atomic mass is 35.5. The first-order valence-corrected chi connectivity index (χ1v) is 8.15. The summed E-state index contributed by atoms with van der Waals surface area (Å²) in [5.74, 6) is 0.114. The quantitative estimate of drug-likeness (QED) is 0.727. The lowest BCUT2D eigenvalue weighted by molar-refractivity contribution is -0.133. The molecule has 0 aromatic rings. The van der Waals surface area contributed by atoms with Crippen molar-refractivity contribution in [2.24, 2.45) is 0 Å². The fourth-order valence-electron chi connectivity index (χ4n) is 2.54. The molecule has 118 valence electrons. The largest absolute Gasteiger partial charge is 0.339 e. The van der Waals surface area contributed by atoms with E-state index in [1.165, 1.54) is 24.2 Å². The molecule has 2 fully saturated rings. The van der Waals surface area contributed by atoms with Gasteiger partial charge in [-0.15, -0.1) is 12.4 Å². The smallest absolute Gasteiger partial charge is 0.279 e. The maximum Gasteiger partial charge on any atom is 0.279 e. The van der Waals surface area contributed by atoms with Gasteiger partial charge in [0.05, 0.1) is 6.54 Å². The molecule has 0 spiro atoms. The van der Waals surface area contributed by atoms with Crippen molar-refractivity contribution in [2.45, 2.75) is 12.8 Å². The standard InChI is InChI=1S/C11H22N4O3S.ClH/c1-12-19(17,18)15-8-6-14(7-9-15)11(16)10-13-4-2-3-5-13;/h12H,2-10H2,1H3;1H. The van der Waals surface area contributed by atoms with E-state index >= 15 is 0 Å². The third-order valence-corrected chi connectivity index (χ3v) is 5.31. The molecule has 0 radical (unpaired) electrons. The Hall–Kier alpha value is -0.410. The number of carbonyl (C=O) groups excluding carboxylic acids is 1. The van der Waals surface area contributed by atoms with Gasteiger partial charge < -0.3 is 4.90 Å². The van der Waals surface area contributed by atoms with Crippen LogP contribution in [0.1, 0.15) is 12.8 Å². The molecular formula is C11H23ClN4O3S. The summed E-state index contributed by atoms with van der Waals surface area (Å²) in [4.78, 5) is 16.0. The van der Waals surface area contributed by atoms with Crippen LogP contribution in [0.15, 0.2) is 0 Å². The van der Waals surface area contributed by atoms with E-state index in [-0.39, 0.29) is 18.3 Å². The summed E-state index contributed by atoms with van der Waals surface area (Å²) in [5.41, 5.74) is 0. The Bertz CT molecular complexity index is 417. The molecule has 0 saturated carbocycles. The molecule has 1 amide bonds. The van der Waals surface area contributed by atoms with E-state index < -0.39 is 10.2 Å². The molecule has 2 aliphatic rings. The lowest BCUT2D eigenvalue weighted by atomic mass is 10.3. The van der Waals surface area contributed by atoms with E-state index in [4.69, 9.17) is 0 Å². The Labute approximate surface area is 126 Å². The second-order valence-corrected chi connectivity index (χ2v) is 6.85. The lowest BCUT2D eigenvalue weighted by Gasteiger charge is -2.34. The minimum Gasteiger partial charge on any atom is -0.339 e. The first-order chi connectivity index (χ1) is 9.03. The first kappa shape index (κ1) is 17.6. The van der Waals surface area contributed by atoms with E-state index in [0.717, 1.165) is 13.1 Å². The maximum absolute atomic E-state index is 12.1. The van der Waals surface area contributed by atoms with Crippen LogP contribution in [0.25, 0.3) is 0 Å². The molecule has 0 atom stereocenters. The fraction of sp³-hybridized carbons (Fsp3) is 0.909. The average molecular weight is 327 g/mol. The van der Waals surface area contributed by atoms with Crippen molar-refractivity contribution < 1.29 is 13.2 Å². The van der Waals surface area contributed by atoms with Crippen molar-refractivity contribution in [1.29, 1.82) is 0 Å². The highest BCUT2D eigenvalue weighted by molar-refractivity contribution is 7.87. The summed E-state index contributed by atoms with van der Waals surface area (Å²) in [7, 11) is -1.95. The zero-order valence-corrected chi connectivity index (χ0v) is 13.4. The number of piperazine rings is 1. The molecular weight excluding hydrogens is 304 g/mol. The number of amides is 1. The second-order valence-electron chi connectivity index (χ2n) is 4.97. The summed E-state index contributed by atoms with van der Waals surface area (Å²) in [5, 5.41) is 0. The number of halogens is 1. The summed E-state index contributed by atoms with van der Waals surface area (Å²) in [6, 6.07) is 0. The van der Waals surface area contributed by atoms with Gasteiger partial charge in [-0.25, -0.2) is 4.72 Å². The number of hydrogen-bond acceptors (Lipinski definition) is 4. The third-order valence-electron chi connectivity index (χ3n) is 3.75. The molecule has 2 heterocycles. The van der Waals surface area contributed by atoms with Crippen LogP contribution in [0.5, 0.6) is 0 Å². The molecule has 20 heavy (non-hydrogen) atoms. The van der Waals surface area contributed by atoms with Crippen LogP contribution in [-0.2, 0) is 15.0 Å². The van der Waals surface area contributed by atoms with Crippen molar-refractivity contribution in [3.63, 3.8) is 0 Å². The molecule has 0 bridgehead atoms. The molecule has 2 rings (SSSR count). The van der Waals surface area contributed by atoms with E-state index in [9.17, 15) is 13.2 Å². The Morgan fingerprint density at radius 2 is 1.60 bits per heavy atom. The molecule has 7 nitrogen and oxygen atoms in total. The number of nitrogens with one attached hydrogen (secondary N) is 1. The monoisotopic (exact) mass is 326 g/mol. The van der Waals surface area contributed by atoms with Crippen LogP contribution >= 0.6 is 12.4 Å². The van der Waals surface area contributed by atoms with Crippen LogP contribution in [0.2, 0.25) is 0 Å². The lowest BCUT2D eigenvalue weighted by Crippen LogP contribution is -2.54. The molecule has 0 aromatic carbocycles. The summed E-state index contributed by atoms with van der Waals surface area (Å²) >= 11 is 0. The van der Waals surface area contributed by atoms with Gasteiger partial charge in [0.15, 0.2) is 0 Å². The van der Waals surface area contributed by atoms with E-state index in [1.54, 1.807) is 4.90 Å². The Kier molecular flexibility index (Phi) is 6.67. The van der Waals surface area contributed by atoms with Gasteiger partial charge in [-0.3, -0.25) is 9.69 Å². The molecule has 0 aromatic heterocycles. The zero-order valence-electron chi connectivity index (χ0n) is 11.7. The van der Waals surface area contributed by atoms with Crippen molar-refractivity contribution in [2.75, 3.05) is 52.9 Å². The number of hydrogen-bond donors (Lipinski definition) is 1. The predicted molar refractivity (Wildman–Crippen MR) is 79.1 cm³/mol. The maximum atomic E-state index is 12.1. The van der Waals surface area contributed by atoms with Gasteiger partial charge in [-0.05, 0) is 25.9 Å². The SMILES string of the molecule is CNS(=O)(=O)N1CCN(C(=O)CN2CCCC2)CC1.Cl. The van der Waals surface area contributed by atoms with Crippen LogP contribution in [0.4, 0.5) is 0 Å². The van der Waals surface area contributed by atoms with Crippen molar-refractivity contribution >= 4 is 28.5 Å². The minimum absolute atomic E-state index is 0. The molecule has 2 aliphatic heterocycles. The van der Waals surface area contributed by atoms with Crippen LogP contribution in [0.3, 0.4) is 0 Å². The number of nitrogens with zero attached hydrogens (tertiary/aromatic N) is 3. The van der Waals surface area contributed by atoms with Gasteiger partial charge in [0.25, 0.3) is 10.2 Å². The molecule has 0 aliphatic carbocycles. The Balaban J connectivity index is 0.00000200. The second kappa shape index (κ2) is 7.56. The van der Waals surface area contributed by atoms with E-state index in [1.807, 2.05) is 0 Å². The number of rotatable bonds is 4. The average Bonchev–Trinajstić information content (AvgIpc) is 2.91. The van der Waals surface area contributed by atoms with Gasteiger partial charge in [-0.2, -0.15) is 12.7 Å². The number of carbonyl (C=O) groups is 1. The minimum atomic E-state index is -3.36. The van der Waals surface area contributed by atoms with Gasteiger partial charge in [0.1, 0.15) is 0 Å². The van der Waals surface area contributed by atoms with E-state index in [2.05, 4.69) is 9.62 Å². The summed E-state index contributed by atoms with van der Waals surface area (Å²) in [6.45, 7) is 4.17. The number of likely N-dealkylation sites (tertiary alicyclic amines) is 1. The van der Waals surface area contributed by atoms with Crippen LogP contribution in [0, 0.1) is 0 Å². The van der Waals surface area contributed by atoms with Gasteiger partial charge >= 0.3 is 0 Å². The predicted octanol–water partition coefficient (Wildman–Crippen LogP) is -0.888. The Morgan fingerprint density at radius 1 is 1.05 bits per heavy atom. The van der Waals surface area contributed by atoms with E-state index in [0.29, 0.717) is 32.7 Å². The summed E-state index contributed by atoms with van der Waals surface area (Å²) < 4.78 is 26.9. The van der Waals surface area contributed by atoms with Crippen molar-refractivity contribution in [1.82, 2.24) is 18.8 Å². The topological polar surface area (TPSA) is 73.0 Å². The van der Waals surface area contributed by atoms with Gasteiger partial charge in [-0.1, -0.05) is 0 Å². The first-order valence-electron chi connectivity index (χ1n) is 6.71. The van der Waals surface area contributed by atoms with Crippen LogP contribution in [-0.4, -0.2) is 81.3 Å². The molecule has 1 N–H and O–H groups in total. The molecule has 2 saturated heterocycles. The highest BCUT2D eigenvalue weighted by Gasteiger charge is 2.28. The fourth-order valence-corrected chi connectivity index (χ4v) is 3.44. The van der Waals surface area contributed by atoms with Crippen molar-refractivity contribution in [3.8, 4) is 0 Å². The molecule has 9 heteroatoms.